The molecule has 1 saturated heterocycles. The van der Waals surface area contributed by atoms with Gasteiger partial charge in [0.1, 0.15) is 17.5 Å². The molecule has 3 aliphatic heterocycles. The second-order valence-corrected chi connectivity index (χ2v) is 7.78. The number of benzene rings is 1. The summed E-state index contributed by atoms with van der Waals surface area (Å²) in [6, 6.07) is 4.31. The van der Waals surface area contributed by atoms with E-state index in [1.807, 2.05) is 6.07 Å². The van der Waals surface area contributed by atoms with Crippen LogP contribution in [-0.4, -0.2) is 55.4 Å². The predicted octanol–water partition coefficient (Wildman–Crippen LogP) is 1.82. The maximum absolute atomic E-state index is 13.5. The molecule has 156 valence electrons. The van der Waals surface area contributed by atoms with Crippen molar-refractivity contribution >= 4 is 35.8 Å². The van der Waals surface area contributed by atoms with Gasteiger partial charge in [0, 0.05) is 48.8 Å². The lowest BCUT2D eigenvalue weighted by molar-refractivity contribution is -0.128. The van der Waals surface area contributed by atoms with E-state index in [2.05, 4.69) is 9.98 Å². The number of ether oxygens (including phenoxy) is 2. The Morgan fingerprint density at radius 2 is 2.13 bits per heavy atom. The predicted molar refractivity (Wildman–Crippen MR) is 113 cm³/mol. The van der Waals surface area contributed by atoms with Crippen LogP contribution in [0.4, 0.5) is 0 Å². The average molecular weight is 429 g/mol. The van der Waals surface area contributed by atoms with E-state index >= 15 is 0 Å². The van der Waals surface area contributed by atoms with E-state index < -0.39 is 23.4 Å². The first-order valence-corrected chi connectivity index (χ1v) is 9.75. The lowest BCUT2D eigenvalue weighted by atomic mass is 9.74. The van der Waals surface area contributed by atoms with E-state index in [-0.39, 0.29) is 18.9 Å². The van der Waals surface area contributed by atoms with Crippen LogP contribution in [0.5, 0.6) is 11.5 Å². The van der Waals surface area contributed by atoms with Gasteiger partial charge in [-0.25, -0.2) is 0 Å². The molecule has 1 spiro atoms. The Kier molecular flexibility index (Phi) is 5.11. The second-order valence-electron chi connectivity index (χ2n) is 7.34. The van der Waals surface area contributed by atoms with E-state index in [0.717, 1.165) is 5.56 Å². The molecule has 3 heterocycles. The highest BCUT2D eigenvalue weighted by atomic mass is 35.5. The Bertz CT molecular complexity index is 1030. The number of amides is 2. The van der Waals surface area contributed by atoms with Crippen LogP contribution in [0.1, 0.15) is 12.0 Å². The number of nitrogens with two attached hydrogens (primary N) is 1. The van der Waals surface area contributed by atoms with Gasteiger partial charge in [-0.1, -0.05) is 11.6 Å². The van der Waals surface area contributed by atoms with Crippen molar-refractivity contribution in [3.05, 3.63) is 46.6 Å². The van der Waals surface area contributed by atoms with Crippen molar-refractivity contribution in [3.8, 4) is 11.5 Å². The summed E-state index contributed by atoms with van der Waals surface area (Å²) in [6.45, 7) is 0.268. The van der Waals surface area contributed by atoms with Gasteiger partial charge in [0.2, 0.25) is 5.91 Å². The molecule has 2 amide bonds. The molecule has 8 nitrogen and oxygen atoms in total. The third kappa shape index (κ3) is 3.17. The summed E-state index contributed by atoms with van der Waals surface area (Å²) < 4.78 is 10.7. The van der Waals surface area contributed by atoms with Gasteiger partial charge in [-0.2, -0.15) is 0 Å². The van der Waals surface area contributed by atoms with Crippen LogP contribution in [0.25, 0.3) is 0 Å². The van der Waals surface area contributed by atoms with Gasteiger partial charge < -0.3 is 20.1 Å². The fraction of sp³-hybridized carbons (Fsp3) is 0.333. The van der Waals surface area contributed by atoms with Crippen molar-refractivity contribution in [1.29, 1.82) is 0 Å². The molecule has 1 fully saturated rings. The molecule has 0 aromatic heterocycles. The van der Waals surface area contributed by atoms with Crippen molar-refractivity contribution < 1.29 is 19.1 Å². The van der Waals surface area contributed by atoms with Gasteiger partial charge in [0.15, 0.2) is 0 Å². The zero-order valence-corrected chi connectivity index (χ0v) is 17.3. The SMILES string of the molecule is COc1ccc(CN2C(=O)C3=CC(Cl)=CN=CC34C=NC(C(N)=O)CC24)c(OC)c1. The number of carbonyl (C=O) groups excluding carboxylic acids is 2. The van der Waals surface area contributed by atoms with Crippen LogP contribution in [0.2, 0.25) is 0 Å². The summed E-state index contributed by atoms with van der Waals surface area (Å²) in [7, 11) is 3.13. The number of methoxy groups -OCH3 is 2. The summed E-state index contributed by atoms with van der Waals surface area (Å²) in [4.78, 5) is 35.6. The Morgan fingerprint density at radius 3 is 2.83 bits per heavy atom. The number of primary amides is 1. The molecule has 0 aliphatic carbocycles. The van der Waals surface area contributed by atoms with E-state index in [1.54, 1.807) is 49.8 Å². The Balaban J connectivity index is 1.79. The summed E-state index contributed by atoms with van der Waals surface area (Å²) >= 11 is 6.20. The molecule has 3 aliphatic rings. The summed E-state index contributed by atoms with van der Waals surface area (Å²) in [5, 5.41) is 0.347. The topological polar surface area (TPSA) is 107 Å². The number of nitrogens with zero attached hydrogens (tertiary/aromatic N) is 3. The van der Waals surface area contributed by atoms with Crippen molar-refractivity contribution in [2.75, 3.05) is 14.2 Å². The van der Waals surface area contributed by atoms with Crippen LogP contribution >= 0.6 is 11.6 Å². The van der Waals surface area contributed by atoms with Crippen molar-refractivity contribution in [2.45, 2.75) is 25.0 Å². The molecule has 1 aromatic carbocycles. The highest BCUT2D eigenvalue weighted by molar-refractivity contribution is 6.32. The first-order valence-electron chi connectivity index (χ1n) is 9.37. The van der Waals surface area contributed by atoms with E-state index in [0.29, 0.717) is 22.1 Å². The standard InChI is InChI=1S/C21H21ClN4O4/c1-29-14-4-3-12(17(6-14)30-2)9-26-18-7-16(19(23)27)25-11-21(18)10-24-8-13(22)5-15(21)20(26)28/h3-6,8,10-11,16,18H,7,9H2,1-2H3,(H2,23,27). The molecule has 2 N–H and O–H groups in total. The van der Waals surface area contributed by atoms with Crippen LogP contribution in [0.15, 0.2) is 51.1 Å². The average Bonchev–Trinajstić information content (AvgIpc) is 2.85. The van der Waals surface area contributed by atoms with Gasteiger partial charge in [-0.15, -0.1) is 0 Å². The number of likely N-dealkylation sites (tertiary alicyclic amines) is 1. The van der Waals surface area contributed by atoms with E-state index in [1.165, 1.54) is 6.20 Å². The highest BCUT2D eigenvalue weighted by Crippen LogP contribution is 2.47. The molecule has 3 unspecified atom stereocenters. The zero-order valence-electron chi connectivity index (χ0n) is 16.5. The Hall–Kier alpha value is -3.13. The number of halogens is 1. The lowest BCUT2D eigenvalue weighted by Gasteiger charge is -2.37. The lowest BCUT2D eigenvalue weighted by Crippen LogP contribution is -2.49. The quantitative estimate of drug-likeness (QED) is 0.771. The number of hydrogen-bond acceptors (Lipinski definition) is 6. The summed E-state index contributed by atoms with van der Waals surface area (Å²) in [6.07, 6.45) is 6.67. The molecule has 1 aromatic rings. The number of hydrogen-bond donors (Lipinski definition) is 1. The summed E-state index contributed by atoms with van der Waals surface area (Å²) in [5.74, 6) is 0.513. The smallest absolute Gasteiger partial charge is 0.251 e. The monoisotopic (exact) mass is 428 g/mol. The van der Waals surface area contributed by atoms with Crippen LogP contribution in [-0.2, 0) is 16.1 Å². The van der Waals surface area contributed by atoms with Crippen LogP contribution in [0, 0.1) is 5.41 Å². The zero-order chi connectivity index (χ0) is 21.5. The highest BCUT2D eigenvalue weighted by Gasteiger charge is 2.57. The second kappa shape index (κ2) is 7.60. The fourth-order valence-electron chi connectivity index (χ4n) is 4.20. The van der Waals surface area contributed by atoms with E-state index in [4.69, 9.17) is 26.8 Å². The molecule has 0 bridgehead atoms. The Labute approximate surface area is 178 Å². The molecule has 0 saturated carbocycles. The molecule has 30 heavy (non-hydrogen) atoms. The fourth-order valence-corrected chi connectivity index (χ4v) is 4.37. The van der Waals surface area contributed by atoms with Gasteiger partial charge in [0.25, 0.3) is 5.91 Å². The maximum Gasteiger partial charge on any atom is 0.251 e. The van der Waals surface area contributed by atoms with Gasteiger partial charge in [0.05, 0.1) is 30.7 Å². The summed E-state index contributed by atoms with van der Waals surface area (Å²) in [5.41, 5.74) is 5.90. The first-order chi connectivity index (χ1) is 14.4. The number of carbonyl (C=O) groups is 2. The van der Waals surface area contributed by atoms with Gasteiger partial charge in [-0.3, -0.25) is 19.6 Å². The molecular formula is C21H21ClN4O4. The Morgan fingerprint density at radius 1 is 1.33 bits per heavy atom. The van der Waals surface area contributed by atoms with Crippen LogP contribution in [0.3, 0.4) is 0 Å². The largest absolute Gasteiger partial charge is 0.497 e. The molecule has 0 radical (unpaired) electrons. The van der Waals surface area contributed by atoms with Crippen molar-refractivity contribution in [2.24, 2.45) is 21.1 Å². The minimum absolute atomic E-state index is 0.200. The third-order valence-corrected chi connectivity index (χ3v) is 5.94. The minimum atomic E-state index is -0.879. The van der Waals surface area contributed by atoms with Gasteiger partial charge in [-0.05, 0) is 18.2 Å². The molecule has 4 rings (SSSR count). The number of rotatable bonds is 5. The van der Waals surface area contributed by atoms with E-state index in [9.17, 15) is 9.59 Å². The number of allylic oxidation sites excluding steroid dienone is 2. The third-order valence-electron chi connectivity index (χ3n) is 5.73. The maximum atomic E-state index is 13.5. The number of aliphatic imine (C=N–C) groups is 2. The van der Waals surface area contributed by atoms with Gasteiger partial charge >= 0.3 is 0 Å². The first kappa shape index (κ1) is 20.2. The minimum Gasteiger partial charge on any atom is -0.497 e. The molecule has 3 atom stereocenters. The normalized spacial score (nSPS) is 27.0. The molecule has 9 heteroatoms. The van der Waals surface area contributed by atoms with Crippen LogP contribution < -0.4 is 15.2 Å². The molecular weight excluding hydrogens is 408 g/mol. The van der Waals surface area contributed by atoms with Crippen molar-refractivity contribution in [3.63, 3.8) is 0 Å². The van der Waals surface area contributed by atoms with Crippen molar-refractivity contribution in [1.82, 2.24) is 4.90 Å².